The molecule has 0 aliphatic carbocycles. The van der Waals surface area contributed by atoms with Crippen LogP contribution in [0.3, 0.4) is 0 Å². The molecule has 18 heavy (non-hydrogen) atoms. The lowest BCUT2D eigenvalue weighted by molar-refractivity contribution is 0.818. The van der Waals surface area contributed by atoms with Gasteiger partial charge in [-0.15, -0.1) is 11.3 Å². The Morgan fingerprint density at radius 1 is 1.33 bits per heavy atom. The van der Waals surface area contributed by atoms with E-state index in [1.54, 1.807) is 17.5 Å². The predicted octanol–water partition coefficient (Wildman–Crippen LogP) is 2.64. The largest absolute Gasteiger partial charge is 0.399 e. The highest BCUT2D eigenvalue weighted by atomic mass is 32.1. The van der Waals surface area contributed by atoms with Crippen molar-refractivity contribution in [1.29, 1.82) is 0 Å². The fraction of sp³-hybridized carbons (Fsp3) is 0.0769. The van der Waals surface area contributed by atoms with Crippen LogP contribution in [0.2, 0.25) is 0 Å². The summed E-state index contributed by atoms with van der Waals surface area (Å²) in [6.07, 6.45) is 5.66. The summed E-state index contributed by atoms with van der Waals surface area (Å²) >= 11 is 1.64. The fourth-order valence-corrected chi connectivity index (χ4v) is 2.46. The van der Waals surface area contributed by atoms with Crippen LogP contribution < -0.4 is 5.73 Å². The molecule has 90 valence electrons. The number of rotatable bonds is 3. The van der Waals surface area contributed by atoms with Crippen LogP contribution >= 0.6 is 11.3 Å². The van der Waals surface area contributed by atoms with Crippen molar-refractivity contribution >= 4 is 17.0 Å². The first-order chi connectivity index (χ1) is 8.83. The van der Waals surface area contributed by atoms with E-state index in [9.17, 15) is 0 Å². The highest BCUT2D eigenvalue weighted by Crippen LogP contribution is 2.21. The molecule has 0 aliphatic heterocycles. The van der Waals surface area contributed by atoms with Gasteiger partial charge < -0.3 is 10.3 Å². The van der Waals surface area contributed by atoms with Crippen molar-refractivity contribution in [2.24, 2.45) is 0 Å². The van der Waals surface area contributed by atoms with Crippen molar-refractivity contribution in [3.8, 4) is 11.4 Å². The molecule has 2 heterocycles. The Bertz CT molecular complexity index is 643. The fourth-order valence-electron chi connectivity index (χ4n) is 1.86. The average molecular weight is 256 g/mol. The maximum absolute atomic E-state index is 5.81. The molecule has 5 heteroatoms. The number of hydrogen-bond donors (Lipinski definition) is 1. The minimum atomic E-state index is 0.750. The highest BCUT2D eigenvalue weighted by Gasteiger charge is 2.07. The van der Waals surface area contributed by atoms with Crippen LogP contribution in [-0.2, 0) is 6.54 Å². The Morgan fingerprint density at radius 2 is 2.28 bits per heavy atom. The van der Waals surface area contributed by atoms with Gasteiger partial charge >= 0.3 is 0 Å². The molecule has 0 amide bonds. The van der Waals surface area contributed by atoms with Gasteiger partial charge in [0, 0.05) is 34.7 Å². The van der Waals surface area contributed by atoms with Crippen LogP contribution in [0.25, 0.3) is 11.4 Å². The maximum atomic E-state index is 5.81. The number of imidazole rings is 1. The number of thiazole rings is 1. The Kier molecular flexibility index (Phi) is 2.82. The van der Waals surface area contributed by atoms with Gasteiger partial charge in [-0.2, -0.15) is 0 Å². The SMILES string of the molecule is Nc1cccc(-c2nccn2Cc2cncs2)c1. The molecular weight excluding hydrogens is 244 g/mol. The number of aromatic nitrogens is 3. The zero-order valence-corrected chi connectivity index (χ0v) is 10.5. The first-order valence-electron chi connectivity index (χ1n) is 5.57. The number of nitrogens with zero attached hydrogens (tertiary/aromatic N) is 3. The molecule has 0 fully saturated rings. The van der Waals surface area contributed by atoms with Gasteiger partial charge in [0.25, 0.3) is 0 Å². The number of hydrogen-bond acceptors (Lipinski definition) is 4. The van der Waals surface area contributed by atoms with Gasteiger partial charge in [-0.3, -0.25) is 4.98 Å². The molecule has 0 aliphatic rings. The van der Waals surface area contributed by atoms with E-state index in [4.69, 9.17) is 5.73 Å². The lowest BCUT2D eigenvalue weighted by Gasteiger charge is -2.06. The Balaban J connectivity index is 1.96. The quantitative estimate of drug-likeness (QED) is 0.733. The van der Waals surface area contributed by atoms with E-state index in [2.05, 4.69) is 14.5 Å². The number of anilines is 1. The number of nitrogen functional groups attached to an aromatic ring is 1. The molecule has 0 saturated carbocycles. The third-order valence-electron chi connectivity index (χ3n) is 2.67. The van der Waals surface area contributed by atoms with E-state index < -0.39 is 0 Å². The van der Waals surface area contributed by atoms with Crippen molar-refractivity contribution in [2.45, 2.75) is 6.54 Å². The van der Waals surface area contributed by atoms with Crippen LogP contribution in [0.1, 0.15) is 4.88 Å². The van der Waals surface area contributed by atoms with Crippen LogP contribution in [0.15, 0.2) is 48.4 Å². The van der Waals surface area contributed by atoms with Crippen LogP contribution in [0.5, 0.6) is 0 Å². The van der Waals surface area contributed by atoms with Crippen molar-refractivity contribution < 1.29 is 0 Å². The third kappa shape index (κ3) is 2.12. The summed E-state index contributed by atoms with van der Waals surface area (Å²) in [6.45, 7) is 0.787. The number of nitrogens with two attached hydrogens (primary N) is 1. The molecule has 1 aromatic carbocycles. The lowest BCUT2D eigenvalue weighted by Crippen LogP contribution is -1.99. The van der Waals surface area contributed by atoms with Crippen LogP contribution in [-0.4, -0.2) is 14.5 Å². The molecule has 4 nitrogen and oxygen atoms in total. The minimum absolute atomic E-state index is 0.750. The summed E-state index contributed by atoms with van der Waals surface area (Å²) < 4.78 is 2.10. The Hall–Kier alpha value is -2.14. The molecule has 0 bridgehead atoms. The minimum Gasteiger partial charge on any atom is -0.399 e. The summed E-state index contributed by atoms with van der Waals surface area (Å²) in [4.78, 5) is 9.69. The van der Waals surface area contributed by atoms with Crippen molar-refractivity contribution in [1.82, 2.24) is 14.5 Å². The first kappa shape index (κ1) is 11.0. The Morgan fingerprint density at radius 3 is 3.06 bits per heavy atom. The summed E-state index contributed by atoms with van der Waals surface area (Å²) in [5.41, 5.74) is 9.43. The normalized spacial score (nSPS) is 10.7. The third-order valence-corrected chi connectivity index (χ3v) is 3.43. The van der Waals surface area contributed by atoms with E-state index in [0.29, 0.717) is 0 Å². The standard InChI is InChI=1S/C13H12N4S/c14-11-3-1-2-10(6-11)13-16-4-5-17(13)8-12-7-15-9-18-12/h1-7,9H,8,14H2. The monoisotopic (exact) mass is 256 g/mol. The smallest absolute Gasteiger partial charge is 0.140 e. The van der Waals surface area contributed by atoms with E-state index in [-0.39, 0.29) is 0 Å². The first-order valence-corrected chi connectivity index (χ1v) is 6.45. The van der Waals surface area contributed by atoms with Gasteiger partial charge in [0.15, 0.2) is 0 Å². The molecule has 2 aromatic heterocycles. The second-order valence-electron chi connectivity index (χ2n) is 3.97. The van der Waals surface area contributed by atoms with Gasteiger partial charge in [0.2, 0.25) is 0 Å². The molecular formula is C13H12N4S. The van der Waals surface area contributed by atoms with E-state index in [0.717, 1.165) is 23.6 Å². The second-order valence-corrected chi connectivity index (χ2v) is 4.94. The van der Waals surface area contributed by atoms with E-state index >= 15 is 0 Å². The molecule has 0 spiro atoms. The molecule has 3 rings (SSSR count). The summed E-state index contributed by atoms with van der Waals surface area (Å²) in [5.74, 6) is 0.927. The molecule has 3 aromatic rings. The zero-order chi connectivity index (χ0) is 12.4. The summed E-state index contributed by atoms with van der Waals surface area (Å²) in [6, 6.07) is 7.77. The van der Waals surface area contributed by atoms with Gasteiger partial charge in [0.1, 0.15) is 5.82 Å². The molecule has 0 atom stereocenters. The van der Waals surface area contributed by atoms with E-state index in [1.165, 1.54) is 4.88 Å². The van der Waals surface area contributed by atoms with Gasteiger partial charge in [-0.1, -0.05) is 12.1 Å². The second kappa shape index (κ2) is 4.62. The van der Waals surface area contributed by atoms with E-state index in [1.807, 2.05) is 42.2 Å². The molecule has 0 radical (unpaired) electrons. The zero-order valence-electron chi connectivity index (χ0n) is 9.65. The lowest BCUT2D eigenvalue weighted by atomic mass is 10.2. The molecule has 2 N–H and O–H groups in total. The number of benzene rings is 1. The molecule has 0 unspecified atom stereocenters. The van der Waals surface area contributed by atoms with Gasteiger partial charge in [-0.25, -0.2) is 4.98 Å². The van der Waals surface area contributed by atoms with Crippen LogP contribution in [0, 0.1) is 0 Å². The van der Waals surface area contributed by atoms with Crippen molar-refractivity contribution in [3.05, 3.63) is 53.2 Å². The topological polar surface area (TPSA) is 56.7 Å². The predicted molar refractivity (Wildman–Crippen MR) is 73.3 cm³/mol. The van der Waals surface area contributed by atoms with Crippen LogP contribution in [0.4, 0.5) is 5.69 Å². The summed E-state index contributed by atoms with van der Waals surface area (Å²) in [5, 5.41) is 0. The summed E-state index contributed by atoms with van der Waals surface area (Å²) in [7, 11) is 0. The van der Waals surface area contributed by atoms with Crippen molar-refractivity contribution in [3.63, 3.8) is 0 Å². The Labute approximate surface area is 109 Å². The molecule has 0 saturated heterocycles. The maximum Gasteiger partial charge on any atom is 0.140 e. The van der Waals surface area contributed by atoms with Gasteiger partial charge in [-0.05, 0) is 12.1 Å². The average Bonchev–Trinajstić information content (AvgIpc) is 3.01. The van der Waals surface area contributed by atoms with Crippen molar-refractivity contribution in [2.75, 3.05) is 5.73 Å². The highest BCUT2D eigenvalue weighted by molar-refractivity contribution is 7.09. The van der Waals surface area contributed by atoms with Gasteiger partial charge in [0.05, 0.1) is 12.1 Å².